The first-order valence-electron chi connectivity index (χ1n) is 4.50. The van der Waals surface area contributed by atoms with Crippen LogP contribution in [-0.4, -0.2) is 43.4 Å². The smallest absolute Gasteiger partial charge is 0.223 e. The standard InChI is InChI=1S/C9H16N2O2S/c1-13-7-6-11(5-2-4-10)9(12)3-8-14/h14H,2-3,5-8H2,1H3. The third kappa shape index (κ3) is 5.84. The minimum absolute atomic E-state index is 0.0345. The SMILES string of the molecule is COCCN(CCC#N)C(=O)CCS. The molecule has 0 heterocycles. The highest BCUT2D eigenvalue weighted by molar-refractivity contribution is 7.80. The second kappa shape index (κ2) is 8.85. The third-order valence-corrected chi connectivity index (χ3v) is 1.96. The van der Waals surface area contributed by atoms with Gasteiger partial charge in [0.2, 0.25) is 5.91 Å². The average Bonchev–Trinajstić information content (AvgIpc) is 2.18. The van der Waals surface area contributed by atoms with Crippen LogP contribution in [0.15, 0.2) is 0 Å². The summed E-state index contributed by atoms with van der Waals surface area (Å²) < 4.78 is 4.88. The van der Waals surface area contributed by atoms with Gasteiger partial charge in [-0.2, -0.15) is 17.9 Å². The van der Waals surface area contributed by atoms with Crippen LogP contribution in [0, 0.1) is 11.3 Å². The number of thiol groups is 1. The Morgan fingerprint density at radius 1 is 1.57 bits per heavy atom. The van der Waals surface area contributed by atoms with Gasteiger partial charge in [0.15, 0.2) is 0 Å². The van der Waals surface area contributed by atoms with Crippen molar-refractivity contribution in [1.82, 2.24) is 4.90 Å². The van der Waals surface area contributed by atoms with Crippen molar-refractivity contribution in [2.24, 2.45) is 0 Å². The molecule has 4 nitrogen and oxygen atoms in total. The first-order chi connectivity index (χ1) is 6.76. The van der Waals surface area contributed by atoms with Crippen molar-refractivity contribution in [3.63, 3.8) is 0 Å². The van der Waals surface area contributed by atoms with Crippen LogP contribution in [0.4, 0.5) is 0 Å². The maximum Gasteiger partial charge on any atom is 0.223 e. The summed E-state index contributed by atoms with van der Waals surface area (Å²) >= 11 is 3.99. The Morgan fingerprint density at radius 3 is 2.79 bits per heavy atom. The van der Waals surface area contributed by atoms with Gasteiger partial charge in [-0.05, 0) is 5.75 Å². The molecule has 0 aromatic rings. The van der Waals surface area contributed by atoms with Crippen molar-refractivity contribution in [1.29, 1.82) is 5.26 Å². The highest BCUT2D eigenvalue weighted by Crippen LogP contribution is 1.97. The van der Waals surface area contributed by atoms with Crippen molar-refractivity contribution >= 4 is 18.5 Å². The molecule has 0 N–H and O–H groups in total. The van der Waals surface area contributed by atoms with E-state index in [9.17, 15) is 4.79 Å². The molecule has 0 aromatic heterocycles. The van der Waals surface area contributed by atoms with E-state index in [0.717, 1.165) is 0 Å². The highest BCUT2D eigenvalue weighted by atomic mass is 32.1. The first kappa shape index (κ1) is 13.3. The Labute approximate surface area is 90.2 Å². The Morgan fingerprint density at radius 2 is 2.29 bits per heavy atom. The van der Waals surface area contributed by atoms with Gasteiger partial charge in [0.25, 0.3) is 0 Å². The number of hydrogen-bond acceptors (Lipinski definition) is 4. The van der Waals surface area contributed by atoms with Crippen LogP contribution in [0.2, 0.25) is 0 Å². The van der Waals surface area contributed by atoms with E-state index in [1.807, 2.05) is 6.07 Å². The lowest BCUT2D eigenvalue weighted by atomic mass is 10.3. The Bertz CT molecular complexity index is 203. The largest absolute Gasteiger partial charge is 0.383 e. The third-order valence-electron chi connectivity index (χ3n) is 1.74. The molecule has 0 aliphatic rings. The minimum atomic E-state index is 0.0345. The summed E-state index contributed by atoms with van der Waals surface area (Å²) in [6.45, 7) is 1.53. The van der Waals surface area contributed by atoms with E-state index in [0.29, 0.717) is 38.3 Å². The maximum atomic E-state index is 11.5. The van der Waals surface area contributed by atoms with Gasteiger partial charge in [-0.3, -0.25) is 4.79 Å². The van der Waals surface area contributed by atoms with E-state index in [1.54, 1.807) is 12.0 Å². The van der Waals surface area contributed by atoms with Crippen LogP contribution in [0.5, 0.6) is 0 Å². The predicted octanol–water partition coefficient (Wildman–Crippen LogP) is 0.695. The van der Waals surface area contributed by atoms with Crippen LogP contribution in [0.1, 0.15) is 12.8 Å². The van der Waals surface area contributed by atoms with Gasteiger partial charge in [-0.25, -0.2) is 0 Å². The van der Waals surface area contributed by atoms with E-state index in [-0.39, 0.29) is 5.91 Å². The van der Waals surface area contributed by atoms with Crippen molar-refractivity contribution in [3.05, 3.63) is 0 Å². The number of methoxy groups -OCH3 is 1. The Hall–Kier alpha value is -0.730. The summed E-state index contributed by atoms with van der Waals surface area (Å²) in [5, 5.41) is 8.42. The summed E-state index contributed by atoms with van der Waals surface area (Å²) in [7, 11) is 1.59. The average molecular weight is 216 g/mol. The summed E-state index contributed by atoms with van der Waals surface area (Å²) in [6, 6.07) is 2.02. The number of ether oxygens (including phenoxy) is 1. The van der Waals surface area contributed by atoms with Crippen LogP contribution in [0.25, 0.3) is 0 Å². The van der Waals surface area contributed by atoms with Gasteiger partial charge in [0.1, 0.15) is 0 Å². The van der Waals surface area contributed by atoms with E-state index < -0.39 is 0 Å². The molecular formula is C9H16N2O2S. The zero-order chi connectivity index (χ0) is 10.8. The molecule has 0 radical (unpaired) electrons. The fourth-order valence-electron chi connectivity index (χ4n) is 1.00. The molecule has 1 amide bonds. The molecule has 5 heteroatoms. The topological polar surface area (TPSA) is 53.3 Å². The lowest BCUT2D eigenvalue weighted by Crippen LogP contribution is -2.34. The van der Waals surface area contributed by atoms with Gasteiger partial charge in [-0.1, -0.05) is 0 Å². The monoisotopic (exact) mass is 216 g/mol. The summed E-state index contributed by atoms with van der Waals surface area (Å²) in [5.41, 5.74) is 0. The number of carbonyl (C=O) groups is 1. The molecule has 0 bridgehead atoms. The van der Waals surface area contributed by atoms with Gasteiger partial charge in [0.05, 0.1) is 19.1 Å². The lowest BCUT2D eigenvalue weighted by molar-refractivity contribution is -0.131. The number of nitrogens with zero attached hydrogens (tertiary/aromatic N) is 2. The number of carbonyl (C=O) groups excluding carboxylic acids is 1. The Kier molecular flexibility index (Phi) is 8.39. The molecule has 0 atom stereocenters. The second-order valence-electron chi connectivity index (χ2n) is 2.76. The number of amides is 1. The number of rotatable bonds is 7. The minimum Gasteiger partial charge on any atom is -0.383 e. The molecular weight excluding hydrogens is 200 g/mol. The normalized spacial score (nSPS) is 9.50. The van der Waals surface area contributed by atoms with Crippen molar-refractivity contribution in [3.8, 4) is 6.07 Å². The number of nitriles is 1. The second-order valence-corrected chi connectivity index (χ2v) is 3.20. The van der Waals surface area contributed by atoms with Gasteiger partial charge < -0.3 is 9.64 Å². The molecule has 0 spiro atoms. The van der Waals surface area contributed by atoms with Gasteiger partial charge in [0, 0.05) is 26.6 Å². The molecule has 0 fully saturated rings. The van der Waals surface area contributed by atoms with E-state index in [1.165, 1.54) is 0 Å². The van der Waals surface area contributed by atoms with Crippen LogP contribution < -0.4 is 0 Å². The highest BCUT2D eigenvalue weighted by Gasteiger charge is 2.11. The molecule has 0 rings (SSSR count). The van der Waals surface area contributed by atoms with Crippen LogP contribution in [-0.2, 0) is 9.53 Å². The molecule has 0 saturated heterocycles. The van der Waals surface area contributed by atoms with E-state index in [2.05, 4.69) is 12.6 Å². The molecule has 0 aromatic carbocycles. The summed E-state index contributed by atoms with van der Waals surface area (Å²) in [4.78, 5) is 13.1. The van der Waals surface area contributed by atoms with Crippen molar-refractivity contribution in [2.75, 3.05) is 32.6 Å². The molecule has 0 aliphatic carbocycles. The molecule has 80 valence electrons. The van der Waals surface area contributed by atoms with Crippen molar-refractivity contribution < 1.29 is 9.53 Å². The van der Waals surface area contributed by atoms with E-state index in [4.69, 9.17) is 10.00 Å². The summed E-state index contributed by atoms with van der Waals surface area (Å²) in [6.07, 6.45) is 0.778. The quantitative estimate of drug-likeness (QED) is 0.637. The fourth-order valence-corrected chi connectivity index (χ4v) is 1.19. The van der Waals surface area contributed by atoms with Gasteiger partial charge in [-0.15, -0.1) is 0 Å². The molecule has 0 unspecified atom stereocenters. The predicted molar refractivity (Wildman–Crippen MR) is 57.2 cm³/mol. The first-order valence-corrected chi connectivity index (χ1v) is 5.14. The van der Waals surface area contributed by atoms with E-state index >= 15 is 0 Å². The van der Waals surface area contributed by atoms with Crippen LogP contribution >= 0.6 is 12.6 Å². The molecule has 0 aliphatic heterocycles. The number of hydrogen-bond donors (Lipinski definition) is 1. The van der Waals surface area contributed by atoms with Crippen LogP contribution in [0.3, 0.4) is 0 Å². The molecule has 14 heavy (non-hydrogen) atoms. The zero-order valence-corrected chi connectivity index (χ0v) is 9.30. The lowest BCUT2D eigenvalue weighted by Gasteiger charge is -2.20. The maximum absolute atomic E-state index is 11.5. The van der Waals surface area contributed by atoms with Gasteiger partial charge >= 0.3 is 0 Å². The fraction of sp³-hybridized carbons (Fsp3) is 0.778. The Balaban J connectivity index is 3.95. The summed E-state index contributed by atoms with van der Waals surface area (Å²) in [5.74, 6) is 0.571. The molecule has 0 saturated carbocycles. The zero-order valence-electron chi connectivity index (χ0n) is 8.40. The van der Waals surface area contributed by atoms with Crippen molar-refractivity contribution in [2.45, 2.75) is 12.8 Å².